The predicted molar refractivity (Wildman–Crippen MR) is 102 cm³/mol. The van der Waals surface area contributed by atoms with Gasteiger partial charge in [-0.2, -0.15) is 18.4 Å². The second kappa shape index (κ2) is 8.21. The Morgan fingerprint density at radius 3 is 2.18 bits per heavy atom. The van der Waals surface area contributed by atoms with Crippen LogP contribution in [0.4, 0.5) is 18.9 Å². The summed E-state index contributed by atoms with van der Waals surface area (Å²) < 4.78 is 38.6. The Bertz CT molecular complexity index is 897. The molecule has 2 aromatic rings. The number of hydrogen-bond acceptors (Lipinski definition) is 4. The fraction of sp³-hybridized carbons (Fsp3) is 0.300. The largest absolute Gasteiger partial charge is 0.416 e. The monoisotopic (exact) mass is 409 g/mol. The lowest BCUT2D eigenvalue weighted by Crippen LogP contribution is -2.39. The van der Waals surface area contributed by atoms with Crippen molar-refractivity contribution in [2.45, 2.75) is 38.4 Å². The molecule has 0 aliphatic heterocycles. The van der Waals surface area contributed by atoms with Crippen LogP contribution in [0.25, 0.3) is 0 Å². The number of nitrogens with zero attached hydrogens (tertiary/aromatic N) is 1. The zero-order valence-electron chi connectivity index (χ0n) is 15.5. The van der Waals surface area contributed by atoms with Crippen LogP contribution in [0.5, 0.6) is 0 Å². The van der Waals surface area contributed by atoms with Crippen molar-refractivity contribution < 1.29 is 18.0 Å². The van der Waals surface area contributed by atoms with Crippen LogP contribution in [-0.4, -0.2) is 11.8 Å². The first-order valence-corrected chi connectivity index (χ1v) is 8.73. The highest BCUT2D eigenvalue weighted by Gasteiger charge is 2.31. The molecule has 2 rings (SSSR count). The van der Waals surface area contributed by atoms with E-state index in [1.54, 1.807) is 18.2 Å². The van der Waals surface area contributed by atoms with Crippen molar-refractivity contribution in [2.24, 2.45) is 0 Å². The molecule has 0 bridgehead atoms. The van der Waals surface area contributed by atoms with E-state index in [0.717, 1.165) is 17.7 Å². The van der Waals surface area contributed by atoms with E-state index in [-0.39, 0.29) is 16.1 Å². The van der Waals surface area contributed by atoms with Crippen molar-refractivity contribution in [3.63, 3.8) is 0 Å². The molecule has 2 N–H and O–H groups in total. The van der Waals surface area contributed by atoms with E-state index in [4.69, 9.17) is 11.6 Å². The van der Waals surface area contributed by atoms with E-state index >= 15 is 0 Å². The number of nitriles is 1. The van der Waals surface area contributed by atoms with E-state index in [9.17, 15) is 23.2 Å². The third-order valence-electron chi connectivity index (χ3n) is 4.01. The second-order valence-electron chi connectivity index (χ2n) is 7.25. The number of hydrogen-bond donors (Lipinski definition) is 2. The minimum atomic E-state index is -4.57. The fourth-order valence-corrected chi connectivity index (χ4v) is 2.67. The SMILES string of the molecule is CC(C)(C)c1ccc(C(=O)C(C#N)NNc2cc(Cl)cc(C(F)(F)F)c2)cc1. The Morgan fingerprint density at radius 2 is 1.68 bits per heavy atom. The van der Waals surface area contributed by atoms with Gasteiger partial charge in [0.2, 0.25) is 0 Å². The van der Waals surface area contributed by atoms with Crippen LogP contribution in [0.3, 0.4) is 0 Å². The molecule has 0 saturated heterocycles. The summed E-state index contributed by atoms with van der Waals surface area (Å²) in [4.78, 5) is 12.5. The molecular formula is C20H19ClF3N3O. The van der Waals surface area contributed by atoms with Crippen molar-refractivity contribution in [2.75, 3.05) is 5.43 Å². The average Bonchev–Trinajstić information content (AvgIpc) is 2.60. The molecule has 2 aromatic carbocycles. The number of Topliss-reactive ketones (excluding diaryl/α,β-unsaturated/α-hetero) is 1. The number of alkyl halides is 3. The summed E-state index contributed by atoms with van der Waals surface area (Å²) in [5.41, 5.74) is 5.21. The van der Waals surface area contributed by atoms with Gasteiger partial charge < -0.3 is 5.43 Å². The Hall–Kier alpha value is -2.56. The van der Waals surface area contributed by atoms with Crippen molar-refractivity contribution >= 4 is 23.1 Å². The lowest BCUT2D eigenvalue weighted by Gasteiger charge is -2.19. The lowest BCUT2D eigenvalue weighted by atomic mass is 9.86. The Morgan fingerprint density at radius 1 is 1.07 bits per heavy atom. The van der Waals surface area contributed by atoms with Crippen LogP contribution in [0, 0.1) is 11.3 Å². The minimum Gasteiger partial charge on any atom is -0.320 e. The first-order valence-electron chi connectivity index (χ1n) is 8.35. The zero-order chi connectivity index (χ0) is 21.1. The van der Waals surface area contributed by atoms with Gasteiger partial charge in [0.05, 0.1) is 17.3 Å². The van der Waals surface area contributed by atoms with Crippen LogP contribution in [0.2, 0.25) is 5.02 Å². The number of halogens is 4. The van der Waals surface area contributed by atoms with Gasteiger partial charge in [-0.15, -0.1) is 0 Å². The lowest BCUT2D eigenvalue weighted by molar-refractivity contribution is -0.137. The number of benzene rings is 2. The Labute approximate surface area is 166 Å². The molecule has 0 amide bonds. The maximum absolute atomic E-state index is 12.9. The van der Waals surface area contributed by atoms with Crippen molar-refractivity contribution in [3.05, 3.63) is 64.2 Å². The van der Waals surface area contributed by atoms with Gasteiger partial charge in [-0.05, 0) is 29.2 Å². The summed E-state index contributed by atoms with van der Waals surface area (Å²) in [6.07, 6.45) is -4.57. The highest BCUT2D eigenvalue weighted by Crippen LogP contribution is 2.33. The summed E-state index contributed by atoms with van der Waals surface area (Å²) >= 11 is 5.72. The van der Waals surface area contributed by atoms with E-state index in [1.165, 1.54) is 6.07 Å². The van der Waals surface area contributed by atoms with Crippen LogP contribution in [0.1, 0.15) is 42.3 Å². The van der Waals surface area contributed by atoms with Gasteiger partial charge in [-0.1, -0.05) is 56.6 Å². The molecule has 0 aromatic heterocycles. The van der Waals surface area contributed by atoms with Crippen LogP contribution < -0.4 is 10.9 Å². The fourth-order valence-electron chi connectivity index (χ4n) is 2.44. The topological polar surface area (TPSA) is 64.9 Å². The first-order chi connectivity index (χ1) is 12.9. The summed E-state index contributed by atoms with van der Waals surface area (Å²) in [6.45, 7) is 6.11. The smallest absolute Gasteiger partial charge is 0.320 e. The number of anilines is 1. The number of carbonyl (C=O) groups is 1. The molecule has 148 valence electrons. The molecular weight excluding hydrogens is 391 g/mol. The highest BCUT2D eigenvalue weighted by molar-refractivity contribution is 6.30. The molecule has 28 heavy (non-hydrogen) atoms. The minimum absolute atomic E-state index is 0.0176. The third-order valence-corrected chi connectivity index (χ3v) is 4.23. The van der Waals surface area contributed by atoms with Crippen LogP contribution in [-0.2, 0) is 11.6 Å². The average molecular weight is 410 g/mol. The van der Waals surface area contributed by atoms with E-state index in [1.807, 2.05) is 32.9 Å². The van der Waals surface area contributed by atoms with Crippen molar-refractivity contribution in [1.82, 2.24) is 5.43 Å². The van der Waals surface area contributed by atoms with Gasteiger partial charge in [-0.3, -0.25) is 4.79 Å². The van der Waals surface area contributed by atoms with Gasteiger partial charge in [0.25, 0.3) is 0 Å². The molecule has 1 atom stereocenters. The molecule has 0 saturated carbocycles. The maximum Gasteiger partial charge on any atom is 0.416 e. The molecule has 0 fully saturated rings. The molecule has 1 unspecified atom stereocenters. The molecule has 0 radical (unpaired) electrons. The molecule has 0 spiro atoms. The molecule has 0 aliphatic carbocycles. The Kier molecular flexibility index (Phi) is 6.37. The van der Waals surface area contributed by atoms with Gasteiger partial charge in [-0.25, -0.2) is 5.43 Å². The quantitative estimate of drug-likeness (QED) is 0.516. The van der Waals surface area contributed by atoms with Crippen molar-refractivity contribution in [1.29, 1.82) is 5.26 Å². The molecule has 8 heteroatoms. The van der Waals surface area contributed by atoms with Gasteiger partial charge >= 0.3 is 6.18 Å². The van der Waals surface area contributed by atoms with Crippen molar-refractivity contribution in [3.8, 4) is 6.07 Å². The third kappa shape index (κ3) is 5.47. The normalized spacial score (nSPS) is 12.9. The van der Waals surface area contributed by atoms with Gasteiger partial charge in [0.15, 0.2) is 11.8 Å². The van der Waals surface area contributed by atoms with Gasteiger partial charge in [0.1, 0.15) is 0 Å². The molecule has 0 heterocycles. The number of ketones is 1. The summed E-state index contributed by atoms with van der Waals surface area (Å²) in [5.74, 6) is -0.506. The van der Waals surface area contributed by atoms with Crippen LogP contribution >= 0.6 is 11.6 Å². The highest BCUT2D eigenvalue weighted by atomic mass is 35.5. The van der Waals surface area contributed by atoms with E-state index in [2.05, 4.69) is 10.9 Å². The summed E-state index contributed by atoms with van der Waals surface area (Å²) in [6, 6.07) is 10.2. The summed E-state index contributed by atoms with van der Waals surface area (Å²) in [7, 11) is 0. The number of hydrazine groups is 1. The standard InChI is InChI=1S/C20H19ClF3N3O/c1-19(2,3)13-6-4-12(5-7-13)18(28)17(11-25)27-26-16-9-14(20(22,23)24)8-15(21)10-16/h4-10,17,26-27H,1-3H3. The van der Waals surface area contributed by atoms with E-state index < -0.39 is 23.6 Å². The van der Waals surface area contributed by atoms with E-state index in [0.29, 0.717) is 5.56 Å². The zero-order valence-corrected chi connectivity index (χ0v) is 16.2. The first kappa shape index (κ1) is 21.7. The van der Waals surface area contributed by atoms with Crippen LogP contribution in [0.15, 0.2) is 42.5 Å². The number of carbonyl (C=O) groups excluding carboxylic acids is 1. The maximum atomic E-state index is 12.9. The second-order valence-corrected chi connectivity index (χ2v) is 7.69. The number of rotatable bonds is 5. The predicted octanol–water partition coefficient (Wildman–Crippen LogP) is 5.35. The van der Waals surface area contributed by atoms with Gasteiger partial charge in [0, 0.05) is 10.6 Å². The summed E-state index contributed by atoms with van der Waals surface area (Å²) in [5, 5.41) is 9.15. The number of nitrogens with one attached hydrogen (secondary N) is 2. The molecule has 0 aliphatic rings. The molecule has 4 nitrogen and oxygen atoms in total. The Balaban J connectivity index is 2.14.